The molecule has 94 valence electrons. The zero-order valence-electron chi connectivity index (χ0n) is 9.86. The number of hydrogen-bond donors (Lipinski definition) is 1. The van der Waals surface area contributed by atoms with Crippen LogP contribution in [0.15, 0.2) is 0 Å². The highest BCUT2D eigenvalue weighted by Gasteiger charge is 2.18. The molecule has 0 aromatic heterocycles. The first-order valence-corrected chi connectivity index (χ1v) is 5.37. The summed E-state index contributed by atoms with van der Waals surface area (Å²) in [6, 6.07) is 0. The summed E-state index contributed by atoms with van der Waals surface area (Å²) in [5, 5.41) is 3.18. The molecule has 0 aromatic carbocycles. The van der Waals surface area contributed by atoms with Crippen molar-refractivity contribution in [1.29, 1.82) is 0 Å². The first kappa shape index (κ1) is 15.2. The smallest absolute Gasteiger partial charge is 0.242 e. The second-order valence-electron chi connectivity index (χ2n) is 3.73. The summed E-state index contributed by atoms with van der Waals surface area (Å²) >= 11 is 0. The lowest BCUT2D eigenvalue weighted by atomic mass is 10.3. The Morgan fingerprint density at radius 3 is 2.38 bits per heavy atom. The van der Waals surface area contributed by atoms with Crippen LogP contribution in [0.5, 0.6) is 0 Å². The summed E-state index contributed by atoms with van der Waals surface area (Å²) in [6.07, 6.45) is 0.450. The highest BCUT2D eigenvalue weighted by atomic mass is 35.5. The summed E-state index contributed by atoms with van der Waals surface area (Å²) in [5.74, 6) is 0.0549. The molecule has 0 saturated carbocycles. The monoisotopic (exact) mass is 249 g/mol. The first-order valence-electron chi connectivity index (χ1n) is 5.37. The lowest BCUT2D eigenvalue weighted by Gasteiger charge is -2.29. The van der Waals surface area contributed by atoms with Crippen molar-refractivity contribution in [3.8, 4) is 0 Å². The Kier molecular flexibility index (Phi) is 7.08. The van der Waals surface area contributed by atoms with Crippen LogP contribution in [0, 0.1) is 0 Å². The van der Waals surface area contributed by atoms with Gasteiger partial charge in [-0.05, 0) is 0 Å². The number of hydrogen-bond acceptors (Lipinski definition) is 3. The first-order chi connectivity index (χ1) is 7.15. The van der Waals surface area contributed by atoms with Gasteiger partial charge in [0.25, 0.3) is 0 Å². The van der Waals surface area contributed by atoms with Crippen LogP contribution in [0.25, 0.3) is 0 Å². The van der Waals surface area contributed by atoms with E-state index >= 15 is 0 Å². The van der Waals surface area contributed by atoms with E-state index in [1.807, 2.05) is 0 Å². The quantitative estimate of drug-likeness (QED) is 0.748. The van der Waals surface area contributed by atoms with E-state index < -0.39 is 0 Å². The van der Waals surface area contributed by atoms with Crippen LogP contribution >= 0.6 is 12.4 Å². The maximum atomic E-state index is 11.7. The van der Waals surface area contributed by atoms with E-state index in [2.05, 4.69) is 5.32 Å². The van der Waals surface area contributed by atoms with E-state index in [1.165, 1.54) is 4.90 Å². The highest BCUT2D eigenvalue weighted by Crippen LogP contribution is 1.97. The minimum atomic E-state index is 0. The maximum Gasteiger partial charge on any atom is 0.242 e. The molecule has 2 amide bonds. The van der Waals surface area contributed by atoms with Gasteiger partial charge < -0.3 is 15.1 Å². The van der Waals surface area contributed by atoms with Crippen molar-refractivity contribution in [2.75, 3.05) is 39.8 Å². The van der Waals surface area contributed by atoms with E-state index in [1.54, 1.807) is 18.9 Å². The van der Waals surface area contributed by atoms with Gasteiger partial charge in [-0.3, -0.25) is 9.59 Å². The number of halogens is 1. The van der Waals surface area contributed by atoms with Crippen LogP contribution in [-0.4, -0.2) is 61.4 Å². The molecule has 1 fully saturated rings. The van der Waals surface area contributed by atoms with E-state index in [0.717, 1.165) is 26.2 Å². The Bertz CT molecular complexity index is 242. The molecule has 0 aliphatic carbocycles. The topological polar surface area (TPSA) is 52.7 Å². The van der Waals surface area contributed by atoms with Crippen molar-refractivity contribution in [2.24, 2.45) is 0 Å². The fraction of sp³-hybridized carbons (Fsp3) is 0.800. The predicted octanol–water partition coefficient (Wildman–Crippen LogP) is -0.292. The number of amides is 2. The minimum Gasteiger partial charge on any atom is -0.339 e. The van der Waals surface area contributed by atoms with Crippen molar-refractivity contribution >= 4 is 24.2 Å². The summed E-state index contributed by atoms with van der Waals surface area (Å²) in [4.78, 5) is 26.3. The van der Waals surface area contributed by atoms with E-state index in [4.69, 9.17) is 0 Å². The molecule has 1 aliphatic rings. The van der Waals surface area contributed by atoms with Crippen LogP contribution in [0.2, 0.25) is 0 Å². The van der Waals surface area contributed by atoms with E-state index in [9.17, 15) is 9.59 Å². The summed E-state index contributed by atoms with van der Waals surface area (Å²) < 4.78 is 0. The zero-order valence-corrected chi connectivity index (χ0v) is 10.7. The molecule has 1 heterocycles. The van der Waals surface area contributed by atoms with Gasteiger partial charge >= 0.3 is 0 Å². The van der Waals surface area contributed by atoms with Gasteiger partial charge in [-0.2, -0.15) is 0 Å². The Balaban J connectivity index is 0.00000225. The number of piperazine rings is 1. The molecular formula is C10H20ClN3O2. The molecule has 1 N–H and O–H groups in total. The largest absolute Gasteiger partial charge is 0.339 e. The fourth-order valence-corrected chi connectivity index (χ4v) is 1.58. The molecule has 0 spiro atoms. The van der Waals surface area contributed by atoms with Gasteiger partial charge in [-0.25, -0.2) is 0 Å². The Morgan fingerprint density at radius 1 is 1.31 bits per heavy atom. The molecule has 1 saturated heterocycles. The predicted molar refractivity (Wildman–Crippen MR) is 64.6 cm³/mol. The molecule has 0 unspecified atom stereocenters. The van der Waals surface area contributed by atoms with Gasteiger partial charge in [-0.1, -0.05) is 6.92 Å². The molecule has 0 radical (unpaired) electrons. The molecule has 1 aliphatic heterocycles. The van der Waals surface area contributed by atoms with Gasteiger partial charge in [-0.15, -0.1) is 12.4 Å². The van der Waals surface area contributed by atoms with Crippen molar-refractivity contribution in [1.82, 2.24) is 15.1 Å². The highest BCUT2D eigenvalue weighted by molar-refractivity contribution is 5.85. The van der Waals surface area contributed by atoms with Gasteiger partial charge in [0.05, 0.1) is 6.54 Å². The van der Waals surface area contributed by atoms with Crippen molar-refractivity contribution in [3.05, 3.63) is 0 Å². The molecule has 0 atom stereocenters. The molecule has 16 heavy (non-hydrogen) atoms. The maximum absolute atomic E-state index is 11.7. The molecule has 1 rings (SSSR count). The number of carbonyl (C=O) groups is 2. The molecule has 6 heteroatoms. The second-order valence-corrected chi connectivity index (χ2v) is 3.73. The van der Waals surface area contributed by atoms with Crippen molar-refractivity contribution < 1.29 is 9.59 Å². The summed E-state index contributed by atoms with van der Waals surface area (Å²) in [7, 11) is 1.67. The molecule has 5 nitrogen and oxygen atoms in total. The van der Waals surface area contributed by atoms with Crippen LogP contribution in [-0.2, 0) is 9.59 Å². The summed E-state index contributed by atoms with van der Waals surface area (Å²) in [5.41, 5.74) is 0. The number of likely N-dealkylation sites (N-methyl/N-ethyl adjacent to an activating group) is 1. The second kappa shape index (κ2) is 7.46. The van der Waals surface area contributed by atoms with Gasteiger partial charge in [0.15, 0.2) is 0 Å². The van der Waals surface area contributed by atoms with E-state index in [-0.39, 0.29) is 30.8 Å². The lowest BCUT2D eigenvalue weighted by Crippen LogP contribution is -2.49. The van der Waals surface area contributed by atoms with Crippen LogP contribution < -0.4 is 5.32 Å². The molecule has 0 bridgehead atoms. The van der Waals surface area contributed by atoms with Crippen molar-refractivity contribution in [3.63, 3.8) is 0 Å². The fourth-order valence-electron chi connectivity index (χ4n) is 1.58. The number of nitrogens with zero attached hydrogens (tertiary/aromatic N) is 2. The number of rotatable bonds is 3. The third-order valence-corrected chi connectivity index (χ3v) is 2.57. The van der Waals surface area contributed by atoms with E-state index in [0.29, 0.717) is 6.42 Å². The number of carbonyl (C=O) groups excluding carboxylic acids is 2. The van der Waals surface area contributed by atoms with Crippen LogP contribution in [0.4, 0.5) is 0 Å². The average Bonchev–Trinajstić information content (AvgIpc) is 2.29. The molecule has 0 aromatic rings. The van der Waals surface area contributed by atoms with Gasteiger partial charge in [0.1, 0.15) is 0 Å². The van der Waals surface area contributed by atoms with Gasteiger partial charge in [0.2, 0.25) is 11.8 Å². The Hall–Kier alpha value is -0.810. The average molecular weight is 250 g/mol. The normalized spacial score (nSPS) is 15.2. The van der Waals surface area contributed by atoms with Gasteiger partial charge in [0, 0.05) is 39.6 Å². The molecular weight excluding hydrogens is 230 g/mol. The summed E-state index contributed by atoms with van der Waals surface area (Å²) in [6.45, 7) is 5.18. The van der Waals surface area contributed by atoms with Crippen LogP contribution in [0.3, 0.4) is 0 Å². The standard InChI is InChI=1S/C10H19N3O2.ClH/c1-3-9(14)12(2)8-10(15)13-6-4-11-5-7-13;/h11H,3-8H2,1-2H3;1H. The number of nitrogens with one attached hydrogen (secondary N) is 1. The Morgan fingerprint density at radius 2 is 1.88 bits per heavy atom. The third-order valence-electron chi connectivity index (χ3n) is 2.57. The zero-order chi connectivity index (χ0) is 11.3. The van der Waals surface area contributed by atoms with Crippen LogP contribution in [0.1, 0.15) is 13.3 Å². The van der Waals surface area contributed by atoms with Crippen molar-refractivity contribution in [2.45, 2.75) is 13.3 Å². The minimum absolute atomic E-state index is 0. The Labute approximate surface area is 103 Å². The SMILES string of the molecule is CCC(=O)N(C)CC(=O)N1CCNCC1.Cl. The third kappa shape index (κ3) is 4.37. The lowest BCUT2D eigenvalue weighted by molar-refractivity contribution is -0.139.